The van der Waals surface area contributed by atoms with E-state index in [1.54, 1.807) is 6.92 Å². The molecule has 0 unspecified atom stereocenters. The lowest BCUT2D eigenvalue weighted by Gasteiger charge is -2.33. The Kier molecular flexibility index (Phi) is 8.48. The van der Waals surface area contributed by atoms with E-state index in [0.29, 0.717) is 17.2 Å². The molecule has 9 nitrogen and oxygen atoms in total. The van der Waals surface area contributed by atoms with Crippen molar-refractivity contribution in [3.8, 4) is 5.88 Å². The van der Waals surface area contributed by atoms with Gasteiger partial charge in [0.05, 0.1) is 5.39 Å². The van der Waals surface area contributed by atoms with Crippen LogP contribution < -0.4 is 20.5 Å². The van der Waals surface area contributed by atoms with Gasteiger partial charge in [0, 0.05) is 43.2 Å². The number of halogens is 3. The third-order valence-electron chi connectivity index (χ3n) is 8.04. The van der Waals surface area contributed by atoms with Crippen LogP contribution in [0, 0.1) is 12.8 Å². The summed E-state index contributed by atoms with van der Waals surface area (Å²) < 4.78 is 45.6. The Morgan fingerprint density at radius 1 is 1.10 bits per heavy atom. The van der Waals surface area contributed by atoms with Gasteiger partial charge in [0.15, 0.2) is 5.65 Å². The molecule has 0 atom stereocenters. The van der Waals surface area contributed by atoms with Crippen molar-refractivity contribution in [3.63, 3.8) is 0 Å². The molecule has 1 saturated heterocycles. The molecule has 1 aliphatic heterocycles. The van der Waals surface area contributed by atoms with E-state index in [-0.39, 0.29) is 35.2 Å². The number of hydrogen-bond acceptors (Lipinski definition) is 8. The number of anilines is 3. The molecule has 220 valence electrons. The second-order valence-corrected chi connectivity index (χ2v) is 10.9. The van der Waals surface area contributed by atoms with Crippen molar-refractivity contribution in [2.75, 3.05) is 29.9 Å². The number of nitrogens with zero attached hydrogens (tertiary/aromatic N) is 4. The van der Waals surface area contributed by atoms with E-state index in [9.17, 15) is 22.8 Å². The highest BCUT2D eigenvalue weighted by Crippen LogP contribution is 2.35. The van der Waals surface area contributed by atoms with E-state index >= 15 is 0 Å². The first-order valence-corrected chi connectivity index (χ1v) is 14.1. The number of hydrogen-bond donors (Lipinski definition) is 2. The standard InChI is InChI=1S/C29H34F3N5O4/c1-18-17-23(39)37(22-6-2-3-7-22)25-24(18)26(41-27(40)29(30,31)32)35-28(34-25)33-20-8-10-21(11-9-20)36-14-12-19(13-15-36)5-4-16-38/h8-11,17,19,22,38H,2-7,12-16H2,1H3,(H,33,34,35). The second kappa shape index (κ2) is 12.1. The molecule has 1 saturated carbocycles. The number of piperidine rings is 1. The zero-order valence-corrected chi connectivity index (χ0v) is 22.9. The number of aryl methyl sites for hydroxylation is 1. The Balaban J connectivity index is 1.45. The molecule has 2 aliphatic rings. The van der Waals surface area contributed by atoms with Crippen molar-refractivity contribution in [2.45, 2.75) is 70.5 Å². The third kappa shape index (κ3) is 6.47. The Hall–Kier alpha value is -3.67. The first-order valence-electron chi connectivity index (χ1n) is 14.1. The number of aromatic nitrogens is 3. The Morgan fingerprint density at radius 3 is 2.41 bits per heavy atom. The summed E-state index contributed by atoms with van der Waals surface area (Å²) in [6.45, 7) is 3.61. The maximum atomic E-state index is 13.1. The number of alkyl halides is 3. The number of ether oxygens (including phenoxy) is 1. The fraction of sp³-hybridized carbons (Fsp3) is 0.517. The van der Waals surface area contributed by atoms with E-state index in [1.165, 1.54) is 10.6 Å². The van der Waals surface area contributed by atoms with Gasteiger partial charge in [-0.1, -0.05) is 12.8 Å². The van der Waals surface area contributed by atoms with Gasteiger partial charge >= 0.3 is 12.1 Å². The topological polar surface area (TPSA) is 110 Å². The highest BCUT2D eigenvalue weighted by atomic mass is 19.4. The lowest BCUT2D eigenvalue weighted by molar-refractivity contribution is -0.189. The quantitative estimate of drug-likeness (QED) is 0.344. The number of aliphatic hydroxyl groups excluding tert-OH is 1. The summed E-state index contributed by atoms with van der Waals surface area (Å²) in [5.74, 6) is -2.41. The molecule has 0 radical (unpaired) electrons. The fourth-order valence-electron chi connectivity index (χ4n) is 5.91. The molecule has 3 heterocycles. The fourth-order valence-corrected chi connectivity index (χ4v) is 5.91. The molecule has 2 aromatic heterocycles. The van der Waals surface area contributed by atoms with Gasteiger partial charge in [0.25, 0.3) is 5.56 Å². The largest absolute Gasteiger partial charge is 0.491 e. The van der Waals surface area contributed by atoms with Gasteiger partial charge in [-0.2, -0.15) is 23.1 Å². The van der Waals surface area contributed by atoms with Gasteiger partial charge < -0.3 is 20.1 Å². The van der Waals surface area contributed by atoms with E-state index in [0.717, 1.165) is 70.1 Å². The monoisotopic (exact) mass is 573 g/mol. The van der Waals surface area contributed by atoms with Crippen LogP contribution in [-0.2, 0) is 4.79 Å². The van der Waals surface area contributed by atoms with Crippen LogP contribution in [-0.4, -0.2) is 51.5 Å². The molecule has 1 aliphatic carbocycles. The van der Waals surface area contributed by atoms with Gasteiger partial charge in [-0.15, -0.1) is 0 Å². The zero-order chi connectivity index (χ0) is 29.1. The highest BCUT2D eigenvalue weighted by Gasteiger charge is 2.42. The van der Waals surface area contributed by atoms with E-state index in [2.05, 4.69) is 20.2 Å². The summed E-state index contributed by atoms with van der Waals surface area (Å²) in [4.78, 5) is 35.8. The molecule has 0 bridgehead atoms. The second-order valence-electron chi connectivity index (χ2n) is 10.9. The number of pyridine rings is 1. The molecule has 12 heteroatoms. The Labute approximate surface area is 235 Å². The molecule has 0 amide bonds. The number of carbonyl (C=O) groups is 1. The number of aliphatic hydroxyl groups is 1. The summed E-state index contributed by atoms with van der Waals surface area (Å²) in [6.07, 6.45) is 2.09. The smallest absolute Gasteiger partial charge is 0.400 e. The molecule has 2 fully saturated rings. The van der Waals surface area contributed by atoms with Crippen molar-refractivity contribution < 1.29 is 27.8 Å². The maximum absolute atomic E-state index is 13.1. The highest BCUT2D eigenvalue weighted by molar-refractivity contribution is 5.89. The molecule has 5 rings (SSSR count). The van der Waals surface area contributed by atoms with Gasteiger partial charge in [-0.25, -0.2) is 4.79 Å². The minimum atomic E-state index is -5.22. The Morgan fingerprint density at radius 2 is 1.78 bits per heavy atom. The first kappa shape index (κ1) is 28.8. The lowest BCUT2D eigenvalue weighted by atomic mass is 9.92. The minimum Gasteiger partial charge on any atom is -0.400 e. The van der Waals surface area contributed by atoms with Crippen molar-refractivity contribution in [1.29, 1.82) is 0 Å². The summed E-state index contributed by atoms with van der Waals surface area (Å²) in [5, 5.41) is 12.2. The molecule has 2 N–H and O–H groups in total. The minimum absolute atomic E-state index is 0.0864. The van der Waals surface area contributed by atoms with Crippen LogP contribution in [0.5, 0.6) is 5.88 Å². The van der Waals surface area contributed by atoms with Crippen molar-refractivity contribution in [3.05, 3.63) is 46.2 Å². The lowest BCUT2D eigenvalue weighted by Crippen LogP contribution is -2.33. The molecule has 0 spiro atoms. The van der Waals surface area contributed by atoms with E-state index in [4.69, 9.17) is 9.84 Å². The van der Waals surface area contributed by atoms with Crippen LogP contribution in [0.2, 0.25) is 0 Å². The number of benzene rings is 1. The number of rotatable bonds is 8. The summed E-state index contributed by atoms with van der Waals surface area (Å²) >= 11 is 0. The number of fused-ring (bicyclic) bond motifs is 1. The van der Waals surface area contributed by atoms with Crippen LogP contribution in [0.25, 0.3) is 11.0 Å². The number of esters is 1. The Bertz CT molecular complexity index is 1440. The summed E-state index contributed by atoms with van der Waals surface area (Å²) in [7, 11) is 0. The zero-order valence-electron chi connectivity index (χ0n) is 22.9. The van der Waals surface area contributed by atoms with Crippen molar-refractivity contribution >= 4 is 34.3 Å². The average Bonchev–Trinajstić information content (AvgIpc) is 3.46. The van der Waals surface area contributed by atoms with Gasteiger partial charge in [-0.3, -0.25) is 9.36 Å². The molecule has 1 aromatic carbocycles. The predicted molar refractivity (Wildman–Crippen MR) is 149 cm³/mol. The van der Waals surface area contributed by atoms with Gasteiger partial charge in [0.1, 0.15) is 0 Å². The third-order valence-corrected chi connectivity index (χ3v) is 8.04. The summed E-state index contributed by atoms with van der Waals surface area (Å²) in [6, 6.07) is 8.69. The van der Waals surface area contributed by atoms with Gasteiger partial charge in [-0.05, 0) is 81.2 Å². The van der Waals surface area contributed by atoms with E-state index < -0.39 is 18.0 Å². The van der Waals surface area contributed by atoms with Crippen molar-refractivity contribution in [2.24, 2.45) is 5.92 Å². The average molecular weight is 574 g/mol. The van der Waals surface area contributed by atoms with E-state index in [1.807, 2.05) is 24.3 Å². The SMILES string of the molecule is Cc1cc(=O)n(C2CCCC2)c2nc(Nc3ccc(N4CCC(CCCO)CC4)cc3)nc(OC(=O)C(F)(F)F)c12. The van der Waals surface area contributed by atoms with Crippen LogP contribution >= 0.6 is 0 Å². The number of carbonyl (C=O) groups excluding carboxylic acids is 1. The first-order chi connectivity index (χ1) is 19.6. The van der Waals surface area contributed by atoms with Crippen LogP contribution in [0.1, 0.15) is 63.0 Å². The van der Waals surface area contributed by atoms with Gasteiger partial charge in [0.2, 0.25) is 11.8 Å². The summed E-state index contributed by atoms with van der Waals surface area (Å²) in [5.41, 5.74) is 1.76. The van der Waals surface area contributed by atoms with Crippen LogP contribution in [0.4, 0.5) is 30.5 Å². The molecular formula is C29H34F3N5O4. The molecule has 3 aromatic rings. The van der Waals surface area contributed by atoms with Crippen molar-refractivity contribution in [1.82, 2.24) is 14.5 Å². The predicted octanol–water partition coefficient (Wildman–Crippen LogP) is 5.42. The molecule has 41 heavy (non-hydrogen) atoms. The normalized spacial score (nSPS) is 16.9. The van der Waals surface area contributed by atoms with Crippen LogP contribution in [0.15, 0.2) is 35.1 Å². The maximum Gasteiger partial charge on any atom is 0.491 e. The number of nitrogens with one attached hydrogen (secondary N) is 1. The van der Waals surface area contributed by atoms with Crippen LogP contribution in [0.3, 0.4) is 0 Å². The molecular weight excluding hydrogens is 539 g/mol.